The van der Waals surface area contributed by atoms with E-state index < -0.39 is 34.9 Å². The van der Waals surface area contributed by atoms with E-state index >= 15 is 0 Å². The third kappa shape index (κ3) is 2.88. The molecule has 17 heavy (non-hydrogen) atoms. The molecule has 0 fully saturated rings. The van der Waals surface area contributed by atoms with Gasteiger partial charge < -0.3 is 0 Å². The van der Waals surface area contributed by atoms with E-state index in [1.807, 2.05) is 0 Å². The zero-order chi connectivity index (χ0) is 14.2. The monoisotopic (exact) mass is 271 g/mol. The highest BCUT2D eigenvalue weighted by Gasteiger charge is 2.66. The van der Waals surface area contributed by atoms with Crippen LogP contribution >= 0.6 is 0 Å². The highest BCUT2D eigenvalue weighted by Crippen LogP contribution is 2.45. The van der Waals surface area contributed by atoms with Gasteiger partial charge in [0.05, 0.1) is 0 Å². The first-order valence-electron chi connectivity index (χ1n) is 4.11. The fraction of sp³-hybridized carbons (Fsp3) is 0.750. The van der Waals surface area contributed by atoms with Gasteiger partial charge in [-0.2, -0.15) is 31.2 Å². The lowest BCUT2D eigenvalue weighted by Gasteiger charge is -2.36. The molecule has 0 saturated heterocycles. The Kier molecular flexibility index (Phi) is 4.21. The van der Waals surface area contributed by atoms with Gasteiger partial charge in [0.1, 0.15) is 0 Å². The van der Waals surface area contributed by atoms with Gasteiger partial charge in [0.2, 0.25) is 6.30 Å². The number of nitrogens with zero attached hydrogens (tertiary/aromatic N) is 1. The molecule has 0 saturated carbocycles. The van der Waals surface area contributed by atoms with Crippen LogP contribution in [0.25, 0.3) is 0 Å². The molecule has 9 heteroatoms. The van der Waals surface area contributed by atoms with Crippen LogP contribution in [0.3, 0.4) is 0 Å². The lowest BCUT2D eigenvalue weighted by Crippen LogP contribution is -2.58. The number of hydrogen-bond donors (Lipinski definition) is 0. The average molecular weight is 271 g/mol. The van der Waals surface area contributed by atoms with Gasteiger partial charge in [0.25, 0.3) is 5.67 Å². The molecule has 0 aromatic heterocycles. The van der Waals surface area contributed by atoms with Crippen molar-refractivity contribution in [2.75, 3.05) is 7.05 Å². The van der Waals surface area contributed by atoms with Crippen LogP contribution in [0.4, 0.5) is 35.1 Å². The first-order chi connectivity index (χ1) is 7.26. The average Bonchev–Trinajstić information content (AvgIpc) is 2.10. The molecule has 0 radical (unpaired) electrons. The molecule has 0 aliphatic carbocycles. The van der Waals surface area contributed by atoms with E-state index in [-0.39, 0.29) is 7.05 Å². The minimum absolute atomic E-state index is 0.0202. The minimum atomic E-state index is -5.84. The highest BCUT2D eigenvalue weighted by atomic mass is 19.4. The SMILES string of the molecule is C=C(C)C(F)(C(F)N(C)C(F)(F)F)C(F)(F)F. The molecule has 0 aromatic carbocycles. The third-order valence-electron chi connectivity index (χ3n) is 2.10. The molecule has 0 aliphatic heterocycles. The molecule has 0 aliphatic rings. The second-order valence-corrected chi connectivity index (χ2v) is 3.40. The van der Waals surface area contributed by atoms with Crippen LogP contribution in [-0.4, -0.2) is 36.4 Å². The Hall–Kier alpha value is -0.860. The number of alkyl halides is 8. The zero-order valence-electron chi connectivity index (χ0n) is 8.76. The van der Waals surface area contributed by atoms with Crippen LogP contribution in [0, 0.1) is 0 Å². The zero-order valence-corrected chi connectivity index (χ0v) is 8.76. The summed E-state index contributed by atoms with van der Waals surface area (Å²) >= 11 is 0. The molecule has 0 amide bonds. The van der Waals surface area contributed by atoms with Crippen LogP contribution < -0.4 is 0 Å². The first-order valence-corrected chi connectivity index (χ1v) is 4.11. The fourth-order valence-electron chi connectivity index (χ4n) is 0.976. The van der Waals surface area contributed by atoms with Crippen molar-refractivity contribution in [2.45, 2.75) is 31.4 Å². The fourth-order valence-corrected chi connectivity index (χ4v) is 0.976. The summed E-state index contributed by atoms with van der Waals surface area (Å²) in [5.41, 5.74) is -6.18. The lowest BCUT2D eigenvalue weighted by atomic mass is 9.95. The maximum absolute atomic E-state index is 13.5. The smallest absolute Gasteiger partial charge is 0.225 e. The Morgan fingerprint density at radius 1 is 1.06 bits per heavy atom. The van der Waals surface area contributed by atoms with Crippen molar-refractivity contribution in [1.29, 1.82) is 0 Å². The summed E-state index contributed by atoms with van der Waals surface area (Å²) in [7, 11) is -0.0202. The van der Waals surface area contributed by atoms with Gasteiger partial charge in [-0.1, -0.05) is 6.58 Å². The van der Waals surface area contributed by atoms with E-state index in [9.17, 15) is 35.1 Å². The number of rotatable bonds is 3. The van der Waals surface area contributed by atoms with Crippen molar-refractivity contribution in [3.8, 4) is 0 Å². The van der Waals surface area contributed by atoms with E-state index in [0.717, 1.165) is 0 Å². The molecule has 0 bridgehead atoms. The Balaban J connectivity index is 5.46. The maximum Gasteiger partial charge on any atom is 0.462 e. The molecule has 0 heterocycles. The Labute approximate surface area is 91.7 Å². The molecular weight excluding hydrogens is 262 g/mol. The summed E-state index contributed by atoms with van der Waals surface area (Å²) in [4.78, 5) is -1.30. The summed E-state index contributed by atoms with van der Waals surface area (Å²) in [6.45, 7) is 3.01. The summed E-state index contributed by atoms with van der Waals surface area (Å²) in [6.07, 6.45) is -15.2. The van der Waals surface area contributed by atoms with Crippen molar-refractivity contribution in [3.05, 3.63) is 12.2 Å². The van der Waals surface area contributed by atoms with Gasteiger partial charge in [0, 0.05) is 0 Å². The standard InChI is InChI=1S/C8H9F8N/c1-4(2)6(10,7(11,12)13)5(9)17(3)8(14,15)16/h5H,1H2,2-3H3. The van der Waals surface area contributed by atoms with Crippen molar-refractivity contribution in [2.24, 2.45) is 0 Å². The van der Waals surface area contributed by atoms with Crippen LogP contribution in [-0.2, 0) is 0 Å². The van der Waals surface area contributed by atoms with Gasteiger partial charge in [-0.15, -0.1) is 0 Å². The van der Waals surface area contributed by atoms with Crippen LogP contribution in [0.15, 0.2) is 12.2 Å². The predicted octanol–water partition coefficient (Wildman–Crippen LogP) is 3.58. The number of hydrogen-bond acceptors (Lipinski definition) is 1. The normalized spacial score (nSPS) is 19.0. The van der Waals surface area contributed by atoms with Crippen molar-refractivity contribution in [1.82, 2.24) is 4.90 Å². The van der Waals surface area contributed by atoms with Gasteiger partial charge in [-0.25, -0.2) is 8.78 Å². The molecule has 0 spiro atoms. The molecule has 2 atom stereocenters. The molecule has 2 unspecified atom stereocenters. The third-order valence-corrected chi connectivity index (χ3v) is 2.10. The largest absolute Gasteiger partial charge is 0.462 e. The highest BCUT2D eigenvalue weighted by molar-refractivity contribution is 5.17. The lowest BCUT2D eigenvalue weighted by molar-refractivity contribution is -0.312. The number of halogens is 8. The van der Waals surface area contributed by atoms with Gasteiger partial charge in [0.15, 0.2) is 0 Å². The minimum Gasteiger partial charge on any atom is -0.225 e. The van der Waals surface area contributed by atoms with E-state index in [1.54, 1.807) is 0 Å². The molecule has 0 rings (SSSR count). The summed E-state index contributed by atoms with van der Waals surface area (Å²) < 4.78 is 99.5. The summed E-state index contributed by atoms with van der Waals surface area (Å²) in [5.74, 6) is 0. The molecule has 0 N–H and O–H groups in total. The van der Waals surface area contributed by atoms with Crippen molar-refractivity contribution in [3.63, 3.8) is 0 Å². The Morgan fingerprint density at radius 3 is 1.59 bits per heavy atom. The van der Waals surface area contributed by atoms with Crippen molar-refractivity contribution < 1.29 is 35.1 Å². The van der Waals surface area contributed by atoms with Gasteiger partial charge in [-0.3, -0.25) is 0 Å². The van der Waals surface area contributed by atoms with Crippen LogP contribution in [0.5, 0.6) is 0 Å². The Bertz CT molecular complexity index is 293. The van der Waals surface area contributed by atoms with Gasteiger partial charge >= 0.3 is 12.5 Å². The summed E-state index contributed by atoms with van der Waals surface area (Å²) in [6, 6.07) is 0. The Morgan fingerprint density at radius 2 is 1.41 bits per heavy atom. The van der Waals surface area contributed by atoms with E-state index in [1.165, 1.54) is 0 Å². The van der Waals surface area contributed by atoms with Gasteiger partial charge in [-0.05, 0) is 19.5 Å². The predicted molar refractivity (Wildman–Crippen MR) is 43.4 cm³/mol. The van der Waals surface area contributed by atoms with E-state index in [2.05, 4.69) is 6.58 Å². The first kappa shape index (κ1) is 16.1. The topological polar surface area (TPSA) is 3.24 Å². The second-order valence-electron chi connectivity index (χ2n) is 3.40. The molecule has 102 valence electrons. The van der Waals surface area contributed by atoms with Crippen molar-refractivity contribution >= 4 is 0 Å². The van der Waals surface area contributed by atoms with E-state index in [4.69, 9.17) is 0 Å². The van der Waals surface area contributed by atoms with E-state index in [0.29, 0.717) is 6.92 Å². The molecular formula is C8H9F8N. The molecule has 1 nitrogen and oxygen atoms in total. The van der Waals surface area contributed by atoms with Crippen LogP contribution in [0.1, 0.15) is 6.92 Å². The van der Waals surface area contributed by atoms with Crippen LogP contribution in [0.2, 0.25) is 0 Å². The molecule has 0 aromatic rings. The summed E-state index contributed by atoms with van der Waals surface area (Å²) in [5, 5.41) is 0. The second kappa shape index (κ2) is 4.43. The maximum atomic E-state index is 13.5. The quantitative estimate of drug-likeness (QED) is 0.431.